The van der Waals surface area contributed by atoms with Crippen LogP contribution >= 0.6 is 15.9 Å². The maximum atomic E-state index is 13.6. The Labute approximate surface area is 124 Å². The zero-order chi connectivity index (χ0) is 14.7. The van der Waals surface area contributed by atoms with Crippen molar-refractivity contribution in [3.8, 4) is 5.75 Å². The van der Waals surface area contributed by atoms with E-state index in [0.29, 0.717) is 15.6 Å². The number of methoxy groups -OCH3 is 1. The van der Waals surface area contributed by atoms with Gasteiger partial charge in [-0.2, -0.15) is 0 Å². The van der Waals surface area contributed by atoms with Crippen molar-refractivity contribution in [1.29, 1.82) is 0 Å². The number of rotatable bonds is 4. The van der Waals surface area contributed by atoms with Gasteiger partial charge in [-0.05, 0) is 41.5 Å². The standard InChI is InChI=1S/C15H13BrF2O2/c1-20-15-5-2-9(7-13(15)18)14(19)8-10-6-11(17)3-4-12(10)16/h2-7,14,19H,8H2,1H3. The van der Waals surface area contributed by atoms with E-state index in [1.54, 1.807) is 12.1 Å². The summed E-state index contributed by atoms with van der Waals surface area (Å²) in [4.78, 5) is 0. The monoisotopic (exact) mass is 342 g/mol. The first-order valence-electron chi connectivity index (χ1n) is 5.96. The predicted octanol–water partition coefficient (Wildman–Crippen LogP) is 4.01. The Hall–Kier alpha value is -1.46. The lowest BCUT2D eigenvalue weighted by Crippen LogP contribution is -2.04. The van der Waals surface area contributed by atoms with Crippen LogP contribution in [0.4, 0.5) is 8.78 Å². The van der Waals surface area contributed by atoms with Gasteiger partial charge in [0.25, 0.3) is 0 Å². The van der Waals surface area contributed by atoms with Crippen molar-refractivity contribution in [2.75, 3.05) is 7.11 Å². The molecule has 1 N–H and O–H groups in total. The van der Waals surface area contributed by atoms with Crippen molar-refractivity contribution in [2.24, 2.45) is 0 Å². The fourth-order valence-corrected chi connectivity index (χ4v) is 2.32. The minimum atomic E-state index is -0.923. The summed E-state index contributed by atoms with van der Waals surface area (Å²) >= 11 is 3.30. The van der Waals surface area contributed by atoms with Gasteiger partial charge in [-0.3, -0.25) is 0 Å². The number of hydrogen-bond donors (Lipinski definition) is 1. The van der Waals surface area contributed by atoms with Gasteiger partial charge >= 0.3 is 0 Å². The Balaban J connectivity index is 2.21. The first-order chi connectivity index (χ1) is 9.51. The van der Waals surface area contributed by atoms with Gasteiger partial charge in [0, 0.05) is 10.9 Å². The molecule has 0 spiro atoms. The summed E-state index contributed by atoms with van der Waals surface area (Å²) in [7, 11) is 1.37. The van der Waals surface area contributed by atoms with Crippen LogP contribution in [0.1, 0.15) is 17.2 Å². The molecule has 0 radical (unpaired) electrons. The van der Waals surface area contributed by atoms with Crippen molar-refractivity contribution in [3.05, 3.63) is 63.6 Å². The van der Waals surface area contributed by atoms with E-state index in [1.807, 2.05) is 0 Å². The average Bonchev–Trinajstić information content (AvgIpc) is 2.42. The molecule has 20 heavy (non-hydrogen) atoms. The molecule has 0 saturated carbocycles. The Morgan fingerprint density at radius 3 is 2.60 bits per heavy atom. The molecule has 2 aromatic rings. The van der Waals surface area contributed by atoms with Crippen molar-refractivity contribution in [2.45, 2.75) is 12.5 Å². The Morgan fingerprint density at radius 1 is 1.20 bits per heavy atom. The highest BCUT2D eigenvalue weighted by molar-refractivity contribution is 9.10. The molecule has 1 unspecified atom stereocenters. The van der Waals surface area contributed by atoms with Crippen molar-refractivity contribution in [3.63, 3.8) is 0 Å². The number of aliphatic hydroxyl groups is 1. The molecule has 0 aromatic heterocycles. The number of aliphatic hydroxyl groups excluding tert-OH is 1. The van der Waals surface area contributed by atoms with E-state index in [4.69, 9.17) is 4.74 Å². The van der Waals surface area contributed by atoms with Gasteiger partial charge in [0.2, 0.25) is 0 Å². The lowest BCUT2D eigenvalue weighted by Gasteiger charge is -2.13. The molecule has 2 aromatic carbocycles. The molecular formula is C15H13BrF2O2. The van der Waals surface area contributed by atoms with Crippen molar-refractivity contribution >= 4 is 15.9 Å². The van der Waals surface area contributed by atoms with Gasteiger partial charge in [-0.1, -0.05) is 22.0 Å². The lowest BCUT2D eigenvalue weighted by atomic mass is 10.0. The number of benzene rings is 2. The lowest BCUT2D eigenvalue weighted by molar-refractivity contribution is 0.177. The summed E-state index contributed by atoms with van der Waals surface area (Å²) in [5.41, 5.74) is 1.04. The third kappa shape index (κ3) is 3.35. The Bertz CT molecular complexity index is 617. The molecule has 1 atom stereocenters. The van der Waals surface area contributed by atoms with Crippen LogP contribution in [0.15, 0.2) is 40.9 Å². The van der Waals surface area contributed by atoms with Crippen LogP contribution in [-0.2, 0) is 6.42 Å². The summed E-state index contributed by atoms with van der Waals surface area (Å²) in [6.45, 7) is 0. The molecule has 2 rings (SSSR count). The SMILES string of the molecule is COc1ccc(C(O)Cc2cc(F)ccc2Br)cc1F. The molecule has 2 nitrogen and oxygen atoms in total. The zero-order valence-electron chi connectivity index (χ0n) is 10.7. The highest BCUT2D eigenvalue weighted by Gasteiger charge is 2.14. The van der Waals surface area contributed by atoms with E-state index in [0.717, 1.165) is 0 Å². The molecule has 0 fully saturated rings. The molecule has 5 heteroatoms. The van der Waals surface area contributed by atoms with Crippen LogP contribution in [0.3, 0.4) is 0 Å². The molecule has 0 aliphatic carbocycles. The quantitative estimate of drug-likeness (QED) is 0.909. The third-order valence-electron chi connectivity index (χ3n) is 2.98. The fourth-order valence-electron chi connectivity index (χ4n) is 1.92. The summed E-state index contributed by atoms with van der Waals surface area (Å²) < 4.78 is 32.3. The van der Waals surface area contributed by atoms with Crippen LogP contribution in [0.2, 0.25) is 0 Å². The van der Waals surface area contributed by atoms with E-state index >= 15 is 0 Å². The summed E-state index contributed by atoms with van der Waals surface area (Å²) in [6, 6.07) is 8.50. The van der Waals surface area contributed by atoms with Gasteiger partial charge < -0.3 is 9.84 Å². The summed E-state index contributed by atoms with van der Waals surface area (Å²) in [6.07, 6.45) is -0.738. The second kappa shape index (κ2) is 6.33. The first-order valence-corrected chi connectivity index (χ1v) is 6.76. The fraction of sp³-hybridized carbons (Fsp3) is 0.200. The second-order valence-electron chi connectivity index (χ2n) is 4.35. The second-order valence-corrected chi connectivity index (χ2v) is 5.20. The van der Waals surface area contributed by atoms with E-state index < -0.39 is 11.9 Å². The smallest absolute Gasteiger partial charge is 0.165 e. The number of hydrogen-bond acceptors (Lipinski definition) is 2. The molecule has 0 bridgehead atoms. The van der Waals surface area contributed by atoms with Crippen LogP contribution in [-0.4, -0.2) is 12.2 Å². The summed E-state index contributed by atoms with van der Waals surface area (Å²) in [5.74, 6) is -0.799. The van der Waals surface area contributed by atoms with Crippen molar-refractivity contribution in [1.82, 2.24) is 0 Å². The van der Waals surface area contributed by atoms with Crippen LogP contribution < -0.4 is 4.74 Å². The Morgan fingerprint density at radius 2 is 1.95 bits per heavy atom. The van der Waals surface area contributed by atoms with Gasteiger partial charge in [0.15, 0.2) is 11.6 Å². The molecule has 0 heterocycles. The molecular weight excluding hydrogens is 330 g/mol. The van der Waals surface area contributed by atoms with Crippen LogP contribution in [0, 0.1) is 11.6 Å². The largest absolute Gasteiger partial charge is 0.494 e. The van der Waals surface area contributed by atoms with Gasteiger partial charge in [-0.15, -0.1) is 0 Å². The minimum Gasteiger partial charge on any atom is -0.494 e. The van der Waals surface area contributed by atoms with E-state index in [-0.39, 0.29) is 18.0 Å². The predicted molar refractivity (Wildman–Crippen MR) is 75.7 cm³/mol. The number of halogens is 3. The first kappa shape index (κ1) is 14.9. The third-order valence-corrected chi connectivity index (χ3v) is 3.76. The molecule has 106 valence electrons. The molecule has 0 aliphatic rings. The van der Waals surface area contributed by atoms with E-state index in [2.05, 4.69) is 15.9 Å². The van der Waals surface area contributed by atoms with Crippen molar-refractivity contribution < 1.29 is 18.6 Å². The molecule has 0 saturated heterocycles. The maximum absolute atomic E-state index is 13.6. The average molecular weight is 343 g/mol. The van der Waals surface area contributed by atoms with E-state index in [1.165, 1.54) is 31.4 Å². The topological polar surface area (TPSA) is 29.5 Å². The maximum Gasteiger partial charge on any atom is 0.165 e. The highest BCUT2D eigenvalue weighted by Crippen LogP contribution is 2.27. The van der Waals surface area contributed by atoms with Gasteiger partial charge in [0.05, 0.1) is 13.2 Å². The van der Waals surface area contributed by atoms with Crippen LogP contribution in [0.25, 0.3) is 0 Å². The minimum absolute atomic E-state index is 0.118. The summed E-state index contributed by atoms with van der Waals surface area (Å²) in [5, 5.41) is 10.1. The zero-order valence-corrected chi connectivity index (χ0v) is 12.3. The van der Waals surface area contributed by atoms with Gasteiger partial charge in [0.1, 0.15) is 5.82 Å². The Kier molecular flexibility index (Phi) is 4.73. The van der Waals surface area contributed by atoms with Gasteiger partial charge in [-0.25, -0.2) is 8.78 Å². The van der Waals surface area contributed by atoms with E-state index in [9.17, 15) is 13.9 Å². The van der Waals surface area contributed by atoms with Crippen LogP contribution in [0.5, 0.6) is 5.75 Å². The highest BCUT2D eigenvalue weighted by atomic mass is 79.9. The molecule has 0 amide bonds. The molecule has 0 aliphatic heterocycles. The normalized spacial score (nSPS) is 12.2. The number of ether oxygens (including phenoxy) is 1.